The Bertz CT molecular complexity index is 549. The lowest BCUT2D eigenvalue weighted by Crippen LogP contribution is -2.11. The highest BCUT2D eigenvalue weighted by atomic mass is 32.1. The molecule has 0 amide bonds. The molecule has 0 spiro atoms. The Hall–Kier alpha value is -1.66. The number of aromatic amines is 1. The number of carbonyl (C=O) groups excluding carboxylic acids is 1. The van der Waals surface area contributed by atoms with Gasteiger partial charge in [0.1, 0.15) is 5.82 Å². The fourth-order valence-corrected chi connectivity index (χ4v) is 2.60. The predicted octanol–water partition coefficient (Wildman–Crippen LogP) is 2.47. The molecule has 6 heteroatoms. The summed E-state index contributed by atoms with van der Waals surface area (Å²) < 4.78 is 5.07. The molecule has 2 rings (SSSR count). The number of carbonyl (C=O) groups is 1. The van der Waals surface area contributed by atoms with Crippen LogP contribution in [-0.4, -0.2) is 36.1 Å². The van der Waals surface area contributed by atoms with E-state index in [4.69, 9.17) is 4.74 Å². The second-order valence-corrected chi connectivity index (χ2v) is 5.27. The zero-order chi connectivity index (χ0) is 14.4. The van der Waals surface area contributed by atoms with Gasteiger partial charge in [-0.05, 0) is 44.8 Å². The van der Waals surface area contributed by atoms with Gasteiger partial charge in [0.15, 0.2) is 5.69 Å². The molecule has 2 N–H and O–H groups in total. The third kappa shape index (κ3) is 3.46. The standard InChI is InChI=1S/C14H19N3O2S/c1-3-19-14(18)12-10(6-4-8-15-2)16-13(17-12)11-7-5-9-20-11/h5,7,9,15H,3-4,6,8H2,1-2H3,(H,16,17). The molecule has 0 bridgehead atoms. The first-order chi connectivity index (χ1) is 9.76. The number of ether oxygens (including phenoxy) is 1. The number of rotatable bonds is 7. The molecule has 2 aromatic heterocycles. The second kappa shape index (κ2) is 7.21. The number of aromatic nitrogens is 2. The lowest BCUT2D eigenvalue weighted by molar-refractivity contribution is 0.0519. The number of nitrogens with zero attached hydrogens (tertiary/aromatic N) is 1. The summed E-state index contributed by atoms with van der Waals surface area (Å²) in [7, 11) is 1.91. The molecular formula is C14H19N3O2S. The van der Waals surface area contributed by atoms with Crippen LogP contribution in [0, 0.1) is 0 Å². The summed E-state index contributed by atoms with van der Waals surface area (Å²) in [4.78, 5) is 20.7. The molecule has 0 aromatic carbocycles. The van der Waals surface area contributed by atoms with Crippen molar-refractivity contribution in [3.05, 3.63) is 28.9 Å². The summed E-state index contributed by atoms with van der Waals surface area (Å²) >= 11 is 1.59. The maximum Gasteiger partial charge on any atom is 0.358 e. The van der Waals surface area contributed by atoms with Gasteiger partial charge in [0.2, 0.25) is 0 Å². The molecule has 20 heavy (non-hydrogen) atoms. The number of nitrogens with one attached hydrogen (secondary N) is 2. The minimum atomic E-state index is -0.356. The van der Waals surface area contributed by atoms with Crippen LogP contribution in [0.25, 0.3) is 10.7 Å². The van der Waals surface area contributed by atoms with E-state index >= 15 is 0 Å². The molecule has 5 nitrogen and oxygen atoms in total. The van der Waals surface area contributed by atoms with Crippen molar-refractivity contribution in [2.45, 2.75) is 19.8 Å². The SMILES string of the molecule is CCOC(=O)c1nc(-c2cccs2)[nH]c1CCCNC. The van der Waals surface area contributed by atoms with Crippen LogP contribution in [0.5, 0.6) is 0 Å². The van der Waals surface area contributed by atoms with Gasteiger partial charge in [0, 0.05) is 0 Å². The van der Waals surface area contributed by atoms with Gasteiger partial charge in [-0.25, -0.2) is 9.78 Å². The van der Waals surface area contributed by atoms with Crippen molar-refractivity contribution < 1.29 is 9.53 Å². The fraction of sp³-hybridized carbons (Fsp3) is 0.429. The molecule has 0 saturated carbocycles. The van der Waals surface area contributed by atoms with E-state index in [-0.39, 0.29) is 5.97 Å². The van der Waals surface area contributed by atoms with Gasteiger partial charge in [-0.15, -0.1) is 11.3 Å². The Morgan fingerprint density at radius 3 is 3.05 bits per heavy atom. The molecular weight excluding hydrogens is 274 g/mol. The predicted molar refractivity (Wildman–Crippen MR) is 80.1 cm³/mol. The van der Waals surface area contributed by atoms with Gasteiger partial charge in [-0.3, -0.25) is 0 Å². The van der Waals surface area contributed by atoms with Crippen LogP contribution in [0.4, 0.5) is 0 Å². The van der Waals surface area contributed by atoms with E-state index in [2.05, 4.69) is 15.3 Å². The van der Waals surface area contributed by atoms with E-state index in [1.807, 2.05) is 24.6 Å². The normalized spacial score (nSPS) is 10.7. The first kappa shape index (κ1) is 14.7. The Balaban J connectivity index is 2.24. The van der Waals surface area contributed by atoms with Crippen LogP contribution in [0.3, 0.4) is 0 Å². The zero-order valence-electron chi connectivity index (χ0n) is 11.7. The van der Waals surface area contributed by atoms with Crippen LogP contribution in [0.1, 0.15) is 29.5 Å². The van der Waals surface area contributed by atoms with Crippen molar-refractivity contribution in [1.29, 1.82) is 0 Å². The number of H-pyrrole nitrogens is 1. The van der Waals surface area contributed by atoms with Crippen LogP contribution in [-0.2, 0) is 11.2 Å². The van der Waals surface area contributed by atoms with E-state index in [0.717, 1.165) is 35.8 Å². The highest BCUT2D eigenvalue weighted by molar-refractivity contribution is 7.13. The quantitative estimate of drug-likeness (QED) is 0.608. The van der Waals surface area contributed by atoms with Crippen molar-refractivity contribution in [2.24, 2.45) is 0 Å². The van der Waals surface area contributed by atoms with E-state index in [0.29, 0.717) is 12.3 Å². The lowest BCUT2D eigenvalue weighted by Gasteiger charge is -2.02. The lowest BCUT2D eigenvalue weighted by atomic mass is 10.2. The minimum absolute atomic E-state index is 0.356. The van der Waals surface area contributed by atoms with Crippen molar-refractivity contribution in [1.82, 2.24) is 15.3 Å². The van der Waals surface area contributed by atoms with Crippen LogP contribution in [0.15, 0.2) is 17.5 Å². The Labute approximate surface area is 122 Å². The highest BCUT2D eigenvalue weighted by Gasteiger charge is 2.19. The molecule has 0 saturated heterocycles. The summed E-state index contributed by atoms with van der Waals surface area (Å²) in [6.45, 7) is 3.05. The van der Waals surface area contributed by atoms with E-state index in [1.54, 1.807) is 18.3 Å². The number of hydrogen-bond acceptors (Lipinski definition) is 5. The first-order valence-electron chi connectivity index (χ1n) is 6.70. The maximum absolute atomic E-state index is 12.0. The summed E-state index contributed by atoms with van der Waals surface area (Å²) in [6.07, 6.45) is 1.71. The highest BCUT2D eigenvalue weighted by Crippen LogP contribution is 2.24. The number of esters is 1. The fourth-order valence-electron chi connectivity index (χ4n) is 1.93. The van der Waals surface area contributed by atoms with E-state index in [1.165, 1.54) is 0 Å². The molecule has 0 fully saturated rings. The third-order valence-corrected chi connectivity index (χ3v) is 3.73. The van der Waals surface area contributed by atoms with E-state index < -0.39 is 0 Å². The van der Waals surface area contributed by atoms with Gasteiger partial charge in [-0.1, -0.05) is 6.07 Å². The molecule has 0 unspecified atom stereocenters. The molecule has 0 atom stereocenters. The van der Waals surface area contributed by atoms with Gasteiger partial charge in [0.05, 0.1) is 17.2 Å². The number of thiophene rings is 1. The molecule has 2 heterocycles. The van der Waals surface area contributed by atoms with Gasteiger partial charge < -0.3 is 15.0 Å². The summed E-state index contributed by atoms with van der Waals surface area (Å²) in [5.74, 6) is 0.383. The zero-order valence-corrected chi connectivity index (χ0v) is 12.5. The van der Waals surface area contributed by atoms with Crippen LogP contribution in [0.2, 0.25) is 0 Å². The summed E-state index contributed by atoms with van der Waals surface area (Å²) in [6, 6.07) is 3.95. The smallest absolute Gasteiger partial charge is 0.358 e. The van der Waals surface area contributed by atoms with Crippen molar-refractivity contribution in [3.63, 3.8) is 0 Å². The number of hydrogen-bond donors (Lipinski definition) is 2. The maximum atomic E-state index is 12.0. The van der Waals surface area contributed by atoms with Crippen molar-refractivity contribution >= 4 is 17.3 Å². The summed E-state index contributed by atoms with van der Waals surface area (Å²) in [5.41, 5.74) is 1.26. The Kier molecular flexibility index (Phi) is 5.31. The molecule has 0 radical (unpaired) electrons. The molecule has 108 valence electrons. The van der Waals surface area contributed by atoms with E-state index in [9.17, 15) is 4.79 Å². The van der Waals surface area contributed by atoms with Crippen LogP contribution >= 0.6 is 11.3 Å². The van der Waals surface area contributed by atoms with Gasteiger partial charge >= 0.3 is 5.97 Å². The minimum Gasteiger partial charge on any atom is -0.461 e. The van der Waals surface area contributed by atoms with Crippen LogP contribution < -0.4 is 5.32 Å². The monoisotopic (exact) mass is 293 g/mol. The van der Waals surface area contributed by atoms with Crippen molar-refractivity contribution in [2.75, 3.05) is 20.2 Å². The Morgan fingerprint density at radius 2 is 2.40 bits per heavy atom. The number of imidazole rings is 1. The largest absolute Gasteiger partial charge is 0.461 e. The van der Waals surface area contributed by atoms with Crippen molar-refractivity contribution in [3.8, 4) is 10.7 Å². The van der Waals surface area contributed by atoms with Gasteiger partial charge in [0.25, 0.3) is 0 Å². The Morgan fingerprint density at radius 1 is 1.55 bits per heavy atom. The molecule has 0 aliphatic heterocycles. The average molecular weight is 293 g/mol. The molecule has 2 aromatic rings. The average Bonchev–Trinajstić information content (AvgIpc) is 3.08. The molecule has 0 aliphatic carbocycles. The summed E-state index contributed by atoms with van der Waals surface area (Å²) in [5, 5.41) is 5.09. The molecule has 0 aliphatic rings. The third-order valence-electron chi connectivity index (χ3n) is 2.86. The topological polar surface area (TPSA) is 67.0 Å². The number of aryl methyl sites for hydroxylation is 1. The first-order valence-corrected chi connectivity index (χ1v) is 7.58. The van der Waals surface area contributed by atoms with Gasteiger partial charge in [-0.2, -0.15) is 0 Å². The second-order valence-electron chi connectivity index (χ2n) is 4.32.